The molecule has 0 aromatic carbocycles. The van der Waals surface area contributed by atoms with Gasteiger partial charge in [-0.15, -0.1) is 0 Å². The molecule has 27 heavy (non-hydrogen) atoms. The lowest BCUT2D eigenvalue weighted by Gasteiger charge is -2.04. The zero-order valence-electron chi connectivity index (χ0n) is 19.5. The highest BCUT2D eigenvalue weighted by atomic mass is 14.0. The quantitative estimate of drug-likeness (QED) is 0.146. The van der Waals surface area contributed by atoms with Gasteiger partial charge in [0.05, 0.1) is 0 Å². The average molecular weight is 380 g/mol. The van der Waals surface area contributed by atoms with Gasteiger partial charge in [0.25, 0.3) is 0 Å². The van der Waals surface area contributed by atoms with Crippen molar-refractivity contribution in [1.82, 2.24) is 0 Å². The Morgan fingerprint density at radius 2 is 0.519 bits per heavy atom. The molecule has 0 aliphatic carbocycles. The molecule has 0 aromatic heterocycles. The molecule has 0 aliphatic heterocycles. The first-order valence-electron chi connectivity index (χ1n) is 13.2. The first-order chi connectivity index (χ1) is 13.4. The van der Waals surface area contributed by atoms with E-state index in [0.29, 0.717) is 0 Å². The van der Waals surface area contributed by atoms with Crippen LogP contribution in [0.25, 0.3) is 0 Å². The zero-order chi connectivity index (χ0) is 19.7. The summed E-state index contributed by atoms with van der Waals surface area (Å²) in [4.78, 5) is 0. The van der Waals surface area contributed by atoms with Crippen molar-refractivity contribution in [2.45, 2.75) is 168 Å². The molecule has 0 heterocycles. The summed E-state index contributed by atoms with van der Waals surface area (Å²) in [6.45, 7) is 4.60. The van der Waals surface area contributed by atoms with Gasteiger partial charge in [0.1, 0.15) is 0 Å². The molecule has 0 atom stereocenters. The molecule has 0 saturated carbocycles. The molecule has 0 nitrogen and oxygen atoms in total. The predicted octanol–water partition coefficient (Wildman–Crippen LogP) is 10.6. The number of unbranched alkanes of at least 4 members (excludes halogenated alkanes) is 24. The Kier molecular flexibility index (Phi) is 26.0. The summed E-state index contributed by atoms with van der Waals surface area (Å²) in [7, 11) is 0. The van der Waals surface area contributed by atoms with Gasteiger partial charge in [0, 0.05) is 0 Å². The SMILES string of the molecule is CCCCCCCCCCC[CH]CCCCCCCCCCCCCCC. The van der Waals surface area contributed by atoms with Crippen LogP contribution < -0.4 is 0 Å². The van der Waals surface area contributed by atoms with Crippen LogP contribution in [-0.2, 0) is 0 Å². The van der Waals surface area contributed by atoms with Gasteiger partial charge in [-0.1, -0.05) is 168 Å². The Labute approximate surface area is 174 Å². The highest BCUT2D eigenvalue weighted by molar-refractivity contribution is 4.64. The van der Waals surface area contributed by atoms with E-state index in [2.05, 4.69) is 20.3 Å². The maximum atomic E-state index is 2.57. The summed E-state index contributed by atoms with van der Waals surface area (Å²) in [6, 6.07) is 0. The number of hydrogen-bond acceptors (Lipinski definition) is 0. The molecular weight excluding hydrogens is 324 g/mol. The van der Waals surface area contributed by atoms with Crippen LogP contribution in [0.1, 0.15) is 168 Å². The highest BCUT2D eigenvalue weighted by Crippen LogP contribution is 2.15. The third-order valence-electron chi connectivity index (χ3n) is 6.02. The van der Waals surface area contributed by atoms with Crippen LogP contribution in [0.15, 0.2) is 0 Å². The van der Waals surface area contributed by atoms with Gasteiger partial charge in [0.2, 0.25) is 0 Å². The lowest BCUT2D eigenvalue weighted by atomic mass is 10.0. The summed E-state index contributed by atoms with van der Waals surface area (Å²) in [5.41, 5.74) is 0. The average Bonchev–Trinajstić information content (AvgIpc) is 2.68. The fourth-order valence-corrected chi connectivity index (χ4v) is 4.05. The molecule has 0 amide bonds. The second kappa shape index (κ2) is 26.0. The number of hydrogen-bond donors (Lipinski definition) is 0. The van der Waals surface area contributed by atoms with Gasteiger partial charge >= 0.3 is 0 Å². The van der Waals surface area contributed by atoms with Crippen LogP contribution >= 0.6 is 0 Å². The van der Waals surface area contributed by atoms with E-state index >= 15 is 0 Å². The molecular formula is C27H55. The van der Waals surface area contributed by atoms with Gasteiger partial charge in [-0.3, -0.25) is 0 Å². The minimum Gasteiger partial charge on any atom is -0.0654 e. The van der Waals surface area contributed by atoms with Crippen molar-refractivity contribution in [3.05, 3.63) is 6.42 Å². The normalized spacial score (nSPS) is 11.3. The summed E-state index contributed by atoms with van der Waals surface area (Å²) in [6.07, 6.45) is 37.4. The van der Waals surface area contributed by atoms with E-state index in [1.165, 1.54) is 154 Å². The second-order valence-corrected chi connectivity index (χ2v) is 8.94. The van der Waals surface area contributed by atoms with Gasteiger partial charge < -0.3 is 0 Å². The van der Waals surface area contributed by atoms with Crippen molar-refractivity contribution in [2.24, 2.45) is 0 Å². The summed E-state index contributed by atoms with van der Waals surface area (Å²) >= 11 is 0. The molecule has 1 radical (unpaired) electrons. The number of rotatable bonds is 24. The Balaban J connectivity index is 2.95. The van der Waals surface area contributed by atoms with E-state index < -0.39 is 0 Å². The van der Waals surface area contributed by atoms with E-state index in [1.54, 1.807) is 0 Å². The van der Waals surface area contributed by atoms with E-state index in [0.717, 1.165) is 0 Å². The Morgan fingerprint density at radius 3 is 0.778 bits per heavy atom. The molecule has 163 valence electrons. The smallest absolute Gasteiger partial charge is 0.0386 e. The fourth-order valence-electron chi connectivity index (χ4n) is 4.05. The fraction of sp³-hybridized carbons (Fsp3) is 0.963. The van der Waals surface area contributed by atoms with Crippen molar-refractivity contribution < 1.29 is 0 Å². The van der Waals surface area contributed by atoms with Crippen LogP contribution in [0.4, 0.5) is 0 Å². The highest BCUT2D eigenvalue weighted by Gasteiger charge is 1.96. The molecule has 0 spiro atoms. The van der Waals surface area contributed by atoms with E-state index in [4.69, 9.17) is 0 Å². The minimum atomic E-state index is 1.37. The summed E-state index contributed by atoms with van der Waals surface area (Å²) < 4.78 is 0. The van der Waals surface area contributed by atoms with Crippen molar-refractivity contribution >= 4 is 0 Å². The Morgan fingerprint density at radius 1 is 0.296 bits per heavy atom. The first-order valence-corrected chi connectivity index (χ1v) is 13.2. The Bertz CT molecular complexity index is 208. The first kappa shape index (κ1) is 27.0. The standard InChI is InChI=1S/C27H55/c1-3-5-7-9-11-13-15-17-19-21-23-25-27-26-24-22-20-18-16-14-12-10-8-6-4-2/h23H,3-22,24-27H2,1-2H3. The van der Waals surface area contributed by atoms with Gasteiger partial charge in [-0.05, 0) is 6.42 Å². The minimum absolute atomic E-state index is 1.37. The molecule has 0 N–H and O–H groups in total. The second-order valence-electron chi connectivity index (χ2n) is 8.94. The zero-order valence-corrected chi connectivity index (χ0v) is 19.5. The molecule has 0 aliphatic rings. The molecule has 0 unspecified atom stereocenters. The van der Waals surface area contributed by atoms with E-state index in [-0.39, 0.29) is 0 Å². The van der Waals surface area contributed by atoms with Crippen molar-refractivity contribution in [2.75, 3.05) is 0 Å². The third-order valence-corrected chi connectivity index (χ3v) is 6.02. The lowest BCUT2D eigenvalue weighted by Crippen LogP contribution is -1.85. The molecule has 0 heteroatoms. The van der Waals surface area contributed by atoms with Crippen LogP contribution in [-0.4, -0.2) is 0 Å². The van der Waals surface area contributed by atoms with Crippen molar-refractivity contribution in [3.8, 4) is 0 Å². The monoisotopic (exact) mass is 379 g/mol. The van der Waals surface area contributed by atoms with E-state index in [9.17, 15) is 0 Å². The van der Waals surface area contributed by atoms with Crippen LogP contribution in [0.2, 0.25) is 0 Å². The van der Waals surface area contributed by atoms with Crippen molar-refractivity contribution in [3.63, 3.8) is 0 Å². The lowest BCUT2D eigenvalue weighted by molar-refractivity contribution is 0.536. The summed E-state index contributed by atoms with van der Waals surface area (Å²) in [5.74, 6) is 0. The maximum Gasteiger partial charge on any atom is -0.0386 e. The Hall–Kier alpha value is 0. The van der Waals surface area contributed by atoms with Crippen LogP contribution in [0.3, 0.4) is 0 Å². The largest absolute Gasteiger partial charge is 0.0654 e. The molecule has 0 aromatic rings. The summed E-state index contributed by atoms with van der Waals surface area (Å²) in [5, 5.41) is 0. The van der Waals surface area contributed by atoms with Gasteiger partial charge in [0.15, 0.2) is 0 Å². The van der Waals surface area contributed by atoms with E-state index in [1.807, 2.05) is 0 Å². The maximum absolute atomic E-state index is 2.57. The van der Waals surface area contributed by atoms with Gasteiger partial charge in [-0.2, -0.15) is 0 Å². The third kappa shape index (κ3) is 26.0. The van der Waals surface area contributed by atoms with Crippen molar-refractivity contribution in [1.29, 1.82) is 0 Å². The predicted molar refractivity (Wildman–Crippen MR) is 126 cm³/mol. The van der Waals surface area contributed by atoms with Gasteiger partial charge in [-0.25, -0.2) is 0 Å². The molecule has 0 fully saturated rings. The molecule has 0 saturated heterocycles. The molecule has 0 bridgehead atoms. The topological polar surface area (TPSA) is 0 Å². The molecule has 0 rings (SSSR count). The van der Waals surface area contributed by atoms with Crippen LogP contribution in [0.5, 0.6) is 0 Å². The van der Waals surface area contributed by atoms with Crippen LogP contribution in [0, 0.1) is 6.42 Å².